The predicted molar refractivity (Wildman–Crippen MR) is 113 cm³/mol. The minimum atomic E-state index is -0.366. The molecule has 2 aromatic rings. The zero-order valence-corrected chi connectivity index (χ0v) is 16.9. The zero-order chi connectivity index (χ0) is 19.9. The first kappa shape index (κ1) is 20.2. The summed E-state index contributed by atoms with van der Waals surface area (Å²) >= 11 is 0. The lowest BCUT2D eigenvalue weighted by Crippen LogP contribution is -2.13. The smallest absolute Gasteiger partial charge is 0.343 e. The summed E-state index contributed by atoms with van der Waals surface area (Å²) in [5.41, 5.74) is 1.85. The lowest BCUT2D eigenvalue weighted by molar-refractivity contribution is 0.0734. The summed E-state index contributed by atoms with van der Waals surface area (Å²) in [6.45, 7) is 7.76. The van der Waals surface area contributed by atoms with Crippen LogP contribution in [0.15, 0.2) is 60.9 Å². The van der Waals surface area contributed by atoms with Crippen molar-refractivity contribution < 1.29 is 14.3 Å². The van der Waals surface area contributed by atoms with Crippen molar-refractivity contribution in [2.75, 3.05) is 0 Å². The van der Waals surface area contributed by atoms with Gasteiger partial charge in [0.25, 0.3) is 0 Å². The van der Waals surface area contributed by atoms with Crippen molar-refractivity contribution in [3.05, 3.63) is 72.0 Å². The van der Waals surface area contributed by atoms with E-state index in [9.17, 15) is 4.79 Å². The molecule has 0 aromatic heterocycles. The van der Waals surface area contributed by atoms with Crippen LogP contribution in [0.4, 0.5) is 0 Å². The number of rotatable bonds is 7. The van der Waals surface area contributed by atoms with Crippen LogP contribution in [0.1, 0.15) is 74.2 Å². The van der Waals surface area contributed by atoms with Crippen LogP contribution in [0.25, 0.3) is 0 Å². The Labute approximate surface area is 168 Å². The average molecular weight is 379 g/mol. The average Bonchev–Trinajstić information content (AvgIpc) is 2.69. The largest absolute Gasteiger partial charge is 0.463 e. The van der Waals surface area contributed by atoms with Gasteiger partial charge in [-0.1, -0.05) is 38.5 Å². The lowest BCUT2D eigenvalue weighted by Gasteiger charge is -2.28. The van der Waals surface area contributed by atoms with Crippen LogP contribution < -0.4 is 9.47 Å². The normalized spacial score (nSPS) is 19.1. The molecule has 148 valence electrons. The molecule has 0 amide bonds. The number of benzene rings is 2. The first-order valence-electron chi connectivity index (χ1n) is 10.3. The van der Waals surface area contributed by atoms with E-state index in [0.29, 0.717) is 28.7 Å². The highest BCUT2D eigenvalue weighted by atomic mass is 16.5. The molecule has 0 atom stereocenters. The van der Waals surface area contributed by atoms with Gasteiger partial charge in [-0.15, -0.1) is 0 Å². The molecule has 0 saturated heterocycles. The minimum absolute atomic E-state index is 0.366. The summed E-state index contributed by atoms with van der Waals surface area (Å²) in [7, 11) is 0. The van der Waals surface area contributed by atoms with Gasteiger partial charge in [-0.2, -0.15) is 0 Å². The maximum atomic E-state index is 12.4. The molecule has 1 aliphatic rings. The monoisotopic (exact) mass is 378 g/mol. The minimum Gasteiger partial charge on any atom is -0.463 e. The fourth-order valence-electron chi connectivity index (χ4n) is 4.03. The van der Waals surface area contributed by atoms with E-state index in [4.69, 9.17) is 9.47 Å². The van der Waals surface area contributed by atoms with Gasteiger partial charge < -0.3 is 9.47 Å². The molecule has 28 heavy (non-hydrogen) atoms. The van der Waals surface area contributed by atoms with Crippen LogP contribution in [-0.2, 0) is 0 Å². The highest BCUT2D eigenvalue weighted by molar-refractivity contribution is 5.91. The molecule has 2 aromatic carbocycles. The van der Waals surface area contributed by atoms with Crippen molar-refractivity contribution in [1.29, 1.82) is 0 Å². The van der Waals surface area contributed by atoms with E-state index in [0.717, 1.165) is 5.92 Å². The van der Waals surface area contributed by atoms with E-state index in [-0.39, 0.29) is 5.97 Å². The quantitative estimate of drug-likeness (QED) is 0.299. The maximum absolute atomic E-state index is 12.4. The molecular formula is C25H30O3. The molecule has 0 N–H and O–H groups in total. The van der Waals surface area contributed by atoms with Gasteiger partial charge in [-0.25, -0.2) is 4.79 Å². The molecular weight excluding hydrogens is 348 g/mol. The Hall–Kier alpha value is -2.55. The van der Waals surface area contributed by atoms with Gasteiger partial charge in [0.05, 0.1) is 11.3 Å². The van der Waals surface area contributed by atoms with Gasteiger partial charge in [-0.3, -0.25) is 0 Å². The summed E-state index contributed by atoms with van der Waals surface area (Å²) in [6.07, 6.45) is 7.85. The van der Waals surface area contributed by atoms with E-state index < -0.39 is 0 Å². The van der Waals surface area contributed by atoms with Crippen LogP contribution in [0, 0.1) is 5.92 Å². The number of ether oxygens (including phenoxy) is 2. The van der Waals surface area contributed by atoms with Crippen molar-refractivity contribution in [1.82, 2.24) is 0 Å². The zero-order valence-electron chi connectivity index (χ0n) is 16.9. The standard InChI is InChI=1S/C25H30O3/c1-4-5-19-6-8-20(9-7-19)21-10-14-24(15-11-21)28-25(26)22-12-16-23(17-13-22)27-18(2)3/h10-17,19-20H,2,4-9H2,1,3H3. The molecule has 0 aliphatic heterocycles. The maximum Gasteiger partial charge on any atom is 0.343 e. The number of carbonyl (C=O) groups excluding carboxylic acids is 1. The second-order valence-corrected chi connectivity index (χ2v) is 7.79. The summed E-state index contributed by atoms with van der Waals surface area (Å²) in [5, 5.41) is 0. The van der Waals surface area contributed by atoms with E-state index in [1.54, 1.807) is 31.2 Å². The van der Waals surface area contributed by atoms with Crippen molar-refractivity contribution in [3.8, 4) is 11.5 Å². The Morgan fingerprint density at radius 2 is 1.50 bits per heavy atom. The molecule has 0 heterocycles. The van der Waals surface area contributed by atoms with Gasteiger partial charge in [0, 0.05) is 0 Å². The Morgan fingerprint density at radius 1 is 0.929 bits per heavy atom. The van der Waals surface area contributed by atoms with Crippen molar-refractivity contribution in [3.63, 3.8) is 0 Å². The predicted octanol–water partition coefficient (Wildman–Crippen LogP) is 6.89. The molecule has 1 fully saturated rings. The van der Waals surface area contributed by atoms with Crippen molar-refractivity contribution in [2.45, 2.75) is 58.3 Å². The van der Waals surface area contributed by atoms with E-state index in [1.807, 2.05) is 12.1 Å². The molecule has 0 bridgehead atoms. The van der Waals surface area contributed by atoms with Crippen molar-refractivity contribution >= 4 is 5.97 Å². The Bertz CT molecular complexity index is 782. The molecule has 3 nitrogen and oxygen atoms in total. The van der Waals surface area contributed by atoms with E-state index in [2.05, 4.69) is 25.6 Å². The molecule has 0 unspecified atom stereocenters. The summed E-state index contributed by atoms with van der Waals surface area (Å²) < 4.78 is 10.9. The highest BCUT2D eigenvalue weighted by Crippen LogP contribution is 2.37. The number of carbonyl (C=O) groups is 1. The SMILES string of the molecule is C=C(C)Oc1ccc(C(=O)Oc2ccc(C3CCC(CCC)CC3)cc2)cc1. The fraction of sp³-hybridized carbons (Fsp3) is 0.400. The van der Waals surface area contributed by atoms with Crippen LogP contribution in [0.2, 0.25) is 0 Å². The van der Waals surface area contributed by atoms with Crippen LogP contribution in [0.3, 0.4) is 0 Å². The number of hydrogen-bond acceptors (Lipinski definition) is 3. The molecule has 1 saturated carbocycles. The molecule has 0 radical (unpaired) electrons. The van der Waals surface area contributed by atoms with Crippen molar-refractivity contribution in [2.24, 2.45) is 5.92 Å². The first-order chi connectivity index (χ1) is 13.5. The van der Waals surface area contributed by atoms with Gasteiger partial charge in [-0.05, 0) is 86.4 Å². The third-order valence-corrected chi connectivity index (χ3v) is 5.49. The van der Waals surface area contributed by atoms with E-state index >= 15 is 0 Å². The summed E-state index contributed by atoms with van der Waals surface area (Å²) in [6, 6.07) is 14.9. The Balaban J connectivity index is 1.55. The summed E-state index contributed by atoms with van der Waals surface area (Å²) in [4.78, 5) is 12.4. The Morgan fingerprint density at radius 3 is 2.07 bits per heavy atom. The van der Waals surface area contributed by atoms with Gasteiger partial charge in [0.2, 0.25) is 0 Å². The molecule has 3 rings (SSSR count). The number of esters is 1. The summed E-state index contributed by atoms with van der Waals surface area (Å²) in [5.74, 6) is 3.02. The molecule has 0 spiro atoms. The third-order valence-electron chi connectivity index (χ3n) is 5.49. The topological polar surface area (TPSA) is 35.5 Å². The highest BCUT2D eigenvalue weighted by Gasteiger charge is 2.21. The van der Waals surface area contributed by atoms with Gasteiger partial charge in [0.1, 0.15) is 11.5 Å². The number of allylic oxidation sites excluding steroid dienone is 1. The Kier molecular flexibility index (Phi) is 6.91. The molecule has 3 heteroatoms. The van der Waals surface area contributed by atoms with Crippen LogP contribution >= 0.6 is 0 Å². The van der Waals surface area contributed by atoms with E-state index in [1.165, 1.54) is 44.1 Å². The number of hydrogen-bond donors (Lipinski definition) is 0. The van der Waals surface area contributed by atoms with Crippen LogP contribution in [0.5, 0.6) is 11.5 Å². The first-order valence-corrected chi connectivity index (χ1v) is 10.3. The second-order valence-electron chi connectivity index (χ2n) is 7.79. The lowest BCUT2D eigenvalue weighted by atomic mass is 9.77. The fourth-order valence-corrected chi connectivity index (χ4v) is 4.03. The second kappa shape index (κ2) is 9.59. The van der Waals surface area contributed by atoms with Crippen LogP contribution in [-0.4, -0.2) is 5.97 Å². The van der Waals surface area contributed by atoms with Gasteiger partial charge >= 0.3 is 5.97 Å². The molecule has 1 aliphatic carbocycles. The van der Waals surface area contributed by atoms with Gasteiger partial charge in [0.15, 0.2) is 0 Å². The third kappa shape index (κ3) is 5.48.